The van der Waals surface area contributed by atoms with Crippen LogP contribution in [0.1, 0.15) is 17.2 Å². The van der Waals surface area contributed by atoms with Gasteiger partial charge in [-0.2, -0.15) is 0 Å². The highest BCUT2D eigenvalue weighted by atomic mass is 16.7. The van der Waals surface area contributed by atoms with Crippen LogP contribution in [0.4, 0.5) is 0 Å². The molecule has 2 aromatic rings. The minimum atomic E-state index is -1.79. The number of hydrogen-bond acceptors (Lipinski definition) is 12. The summed E-state index contributed by atoms with van der Waals surface area (Å²) in [6.45, 7) is -0.704. The number of benzene rings is 2. The first kappa shape index (κ1) is 25.8. The van der Waals surface area contributed by atoms with Crippen molar-refractivity contribution in [2.24, 2.45) is 0 Å². The molecule has 2 aromatic carbocycles. The Balaban J connectivity index is 1.80. The number of ketones is 1. The van der Waals surface area contributed by atoms with Gasteiger partial charge in [0, 0.05) is 17.7 Å². The number of carbonyl (C=O) groups excluding carboxylic acids is 1. The maximum Gasteiger partial charge on any atom is 0.363 e. The van der Waals surface area contributed by atoms with Crippen LogP contribution >= 0.6 is 0 Å². The van der Waals surface area contributed by atoms with E-state index < -0.39 is 66.8 Å². The zero-order chi connectivity index (χ0) is 26.3. The van der Waals surface area contributed by atoms with Crippen LogP contribution in [-0.4, -0.2) is 104 Å². The average Bonchev–Trinajstić information content (AvgIpc) is 2.86. The molecule has 2 aliphatic rings. The number of hydrogen-bond donors (Lipinski definition) is 7. The molecule has 2 heterocycles. The number of aromatic hydroxyl groups is 3. The number of fused-ring (bicyclic) bond motifs is 1. The maximum absolute atomic E-state index is 11.3. The van der Waals surface area contributed by atoms with Crippen molar-refractivity contribution in [3.05, 3.63) is 35.4 Å². The van der Waals surface area contributed by atoms with E-state index >= 15 is 0 Å². The summed E-state index contributed by atoms with van der Waals surface area (Å²) in [5.41, 5.74) is 0.146. The third kappa shape index (κ3) is 4.36. The highest BCUT2D eigenvalue weighted by Crippen LogP contribution is 2.46. The van der Waals surface area contributed by atoms with Crippen LogP contribution in [0, 0.1) is 0 Å². The lowest BCUT2D eigenvalue weighted by molar-refractivity contribution is -0.310. The molecule has 1 saturated heterocycles. The predicted octanol–water partition coefficient (Wildman–Crippen LogP) is -0.968. The lowest BCUT2D eigenvalue weighted by atomic mass is 9.91. The van der Waals surface area contributed by atoms with Crippen molar-refractivity contribution >= 4 is 5.78 Å². The zero-order valence-electron chi connectivity index (χ0n) is 19.2. The van der Waals surface area contributed by atoms with Crippen molar-refractivity contribution in [2.45, 2.75) is 42.9 Å². The summed E-state index contributed by atoms with van der Waals surface area (Å²) in [5.74, 6) is -1.96. The van der Waals surface area contributed by atoms with Crippen LogP contribution in [0.25, 0.3) is 0 Å². The molecule has 196 valence electrons. The van der Waals surface area contributed by atoms with Gasteiger partial charge in [-0.3, -0.25) is 4.79 Å². The SMILES string of the molecule is COc1cc(C2Oc3cc(O)cc(OC)c3C(=[OH+])[C@@H]2O[C@H]2O[C@@H](CO)[C@@H](O)[C@@H](O)[C@@H]2O)cc(O)c1O. The Hall–Kier alpha value is -3.33. The fourth-order valence-corrected chi connectivity index (χ4v) is 4.20. The summed E-state index contributed by atoms with van der Waals surface area (Å²) in [5, 5.41) is 70.5. The summed E-state index contributed by atoms with van der Waals surface area (Å²) in [4.78, 5) is 11.3. The number of aliphatic hydroxyl groups excluding tert-OH is 4. The molecule has 0 bridgehead atoms. The van der Waals surface area contributed by atoms with E-state index in [0.717, 1.165) is 6.07 Å². The first-order valence-electron chi connectivity index (χ1n) is 10.8. The quantitative estimate of drug-likeness (QED) is 0.185. The smallest absolute Gasteiger partial charge is 0.363 e. The molecular weight excluding hydrogens is 484 g/mol. The molecule has 1 fully saturated rings. The van der Waals surface area contributed by atoms with Gasteiger partial charge in [-0.1, -0.05) is 0 Å². The summed E-state index contributed by atoms with van der Waals surface area (Å²) in [6, 6.07) is 4.87. The molecule has 0 saturated carbocycles. The van der Waals surface area contributed by atoms with Crippen molar-refractivity contribution in [1.29, 1.82) is 0 Å². The molecule has 1 unspecified atom stereocenters. The van der Waals surface area contributed by atoms with E-state index in [1.54, 1.807) is 0 Å². The van der Waals surface area contributed by atoms with E-state index in [4.69, 9.17) is 23.7 Å². The third-order valence-electron chi connectivity index (χ3n) is 6.08. The maximum atomic E-state index is 11.3. The van der Waals surface area contributed by atoms with Crippen LogP contribution < -0.4 is 14.2 Å². The van der Waals surface area contributed by atoms with Crippen LogP contribution in [0.3, 0.4) is 0 Å². The monoisotopic (exact) mass is 511 g/mol. The molecule has 0 aliphatic carbocycles. The van der Waals surface area contributed by atoms with E-state index in [2.05, 4.69) is 0 Å². The molecule has 13 nitrogen and oxygen atoms in total. The molecule has 36 heavy (non-hydrogen) atoms. The molecule has 0 aromatic heterocycles. The van der Waals surface area contributed by atoms with E-state index in [1.165, 1.54) is 32.4 Å². The second-order valence-electron chi connectivity index (χ2n) is 8.29. The number of methoxy groups -OCH3 is 2. The van der Waals surface area contributed by atoms with E-state index in [9.17, 15) is 40.5 Å². The van der Waals surface area contributed by atoms with Gasteiger partial charge in [0.25, 0.3) is 0 Å². The number of rotatable bonds is 6. The number of phenolic OH excluding ortho intramolecular Hbond substituents is 3. The van der Waals surface area contributed by atoms with Crippen molar-refractivity contribution in [3.63, 3.8) is 0 Å². The van der Waals surface area contributed by atoms with Gasteiger partial charge in [-0.25, -0.2) is 0 Å². The molecule has 7 atom stereocenters. The van der Waals surface area contributed by atoms with Gasteiger partial charge in [-0.15, -0.1) is 0 Å². The van der Waals surface area contributed by atoms with E-state index in [0.29, 0.717) is 0 Å². The van der Waals surface area contributed by atoms with Gasteiger partial charge in [0.05, 0.1) is 20.8 Å². The highest BCUT2D eigenvalue weighted by Gasteiger charge is 2.51. The molecule has 0 spiro atoms. The van der Waals surface area contributed by atoms with Gasteiger partial charge >= 0.3 is 5.78 Å². The molecular formula is C23H27O13+. The van der Waals surface area contributed by atoms with Gasteiger partial charge < -0.3 is 59.4 Å². The summed E-state index contributed by atoms with van der Waals surface area (Å²) < 4.78 is 27.6. The Labute approximate surface area is 204 Å². The number of phenols is 3. The number of ether oxygens (including phenoxy) is 5. The first-order chi connectivity index (χ1) is 17.1. The molecule has 13 heteroatoms. The Morgan fingerprint density at radius 2 is 1.61 bits per heavy atom. The summed E-state index contributed by atoms with van der Waals surface area (Å²) in [6.07, 6.45) is -10.9. The molecule has 2 aliphatic heterocycles. The van der Waals surface area contributed by atoms with E-state index in [1.807, 2.05) is 0 Å². The number of aliphatic hydroxyl groups is 4. The average molecular weight is 511 g/mol. The first-order valence-corrected chi connectivity index (χ1v) is 10.8. The van der Waals surface area contributed by atoms with Crippen molar-refractivity contribution < 1.29 is 64.2 Å². The predicted molar refractivity (Wildman–Crippen MR) is 119 cm³/mol. The van der Waals surface area contributed by atoms with Gasteiger partial charge in [-0.05, 0) is 12.1 Å². The fourth-order valence-electron chi connectivity index (χ4n) is 4.20. The van der Waals surface area contributed by atoms with E-state index in [-0.39, 0.29) is 34.1 Å². The van der Waals surface area contributed by atoms with Crippen LogP contribution in [0.5, 0.6) is 34.5 Å². The summed E-state index contributed by atoms with van der Waals surface area (Å²) >= 11 is 0. The van der Waals surface area contributed by atoms with Crippen LogP contribution in [0.2, 0.25) is 0 Å². The lowest BCUT2D eigenvalue weighted by Gasteiger charge is -2.41. The summed E-state index contributed by atoms with van der Waals surface area (Å²) in [7, 11) is 2.55. The zero-order valence-corrected chi connectivity index (χ0v) is 19.2. The minimum absolute atomic E-state index is 0.0103. The minimum Gasteiger partial charge on any atom is -0.508 e. The molecule has 4 rings (SSSR count). The largest absolute Gasteiger partial charge is 0.508 e. The Morgan fingerprint density at radius 3 is 2.25 bits per heavy atom. The third-order valence-corrected chi connectivity index (χ3v) is 6.08. The Morgan fingerprint density at radius 1 is 0.917 bits per heavy atom. The van der Waals surface area contributed by atoms with Gasteiger partial charge in [0.15, 0.2) is 29.5 Å². The van der Waals surface area contributed by atoms with Crippen molar-refractivity contribution in [3.8, 4) is 34.5 Å². The topological polar surface area (TPSA) is 209 Å². The second-order valence-corrected chi connectivity index (χ2v) is 8.29. The molecule has 8 N–H and O–H groups in total. The van der Waals surface area contributed by atoms with Gasteiger partial charge in [0.2, 0.25) is 11.9 Å². The fraction of sp³-hybridized carbons (Fsp3) is 0.435. The Kier molecular flexibility index (Phi) is 7.13. The normalized spacial score (nSPS) is 29.8. The standard InChI is InChI=1S/C23H26O13/c1-32-11-5-9(25)6-12-15(11)18(29)22(36-23-20(31)19(30)17(28)14(7-24)35-23)21(34-12)8-3-10(26)16(27)13(4-8)33-2/h3-6,14,17,19-28,30-31H,7H2,1-2H3/p+1/t14-,17+,19+,20-,21?,22-,23+/m0/s1. The van der Waals surface area contributed by atoms with Crippen LogP contribution in [-0.2, 0) is 9.47 Å². The van der Waals surface area contributed by atoms with Crippen molar-refractivity contribution in [2.75, 3.05) is 20.8 Å². The van der Waals surface area contributed by atoms with Crippen molar-refractivity contribution in [1.82, 2.24) is 0 Å². The van der Waals surface area contributed by atoms with Gasteiger partial charge in [0.1, 0.15) is 41.7 Å². The molecule has 0 radical (unpaired) electrons. The molecule has 0 amide bonds. The highest BCUT2D eigenvalue weighted by molar-refractivity contribution is 6.06. The lowest BCUT2D eigenvalue weighted by Crippen LogP contribution is -2.60. The van der Waals surface area contributed by atoms with Crippen LogP contribution in [0.15, 0.2) is 24.3 Å². The second kappa shape index (κ2) is 9.97. The Bertz CT molecular complexity index is 1130.